The fourth-order valence-electron chi connectivity index (χ4n) is 4.13. The Morgan fingerprint density at radius 2 is 1.53 bits per heavy atom. The molecule has 2 aromatic carbocycles. The highest BCUT2D eigenvalue weighted by atomic mass is 32.2. The summed E-state index contributed by atoms with van der Waals surface area (Å²) in [6.45, 7) is 0. The van der Waals surface area contributed by atoms with Gasteiger partial charge in [0.25, 0.3) is 0 Å². The summed E-state index contributed by atoms with van der Waals surface area (Å²) in [5.74, 6) is -0.221. The third-order valence-corrected chi connectivity index (χ3v) is 7.74. The lowest BCUT2D eigenvalue weighted by atomic mass is 9.96. The van der Waals surface area contributed by atoms with Gasteiger partial charge in [-0.3, -0.25) is 0 Å². The number of nitrogens with zero attached hydrogens (tertiary/aromatic N) is 3. The Hall–Kier alpha value is -3.05. The highest BCUT2D eigenvalue weighted by Crippen LogP contribution is 2.33. The van der Waals surface area contributed by atoms with Gasteiger partial charge in [-0.15, -0.1) is 0 Å². The van der Waals surface area contributed by atoms with Gasteiger partial charge < -0.3 is 5.32 Å². The Bertz CT molecular complexity index is 1230. The third-order valence-electron chi connectivity index (χ3n) is 5.86. The second-order valence-electron chi connectivity index (χ2n) is 8.14. The molecule has 1 N–H and O–H groups in total. The van der Waals surface area contributed by atoms with Crippen molar-refractivity contribution in [2.24, 2.45) is 0 Å². The lowest BCUT2D eigenvalue weighted by Gasteiger charge is -2.24. The molecule has 1 fully saturated rings. The second kappa shape index (κ2) is 9.61. The maximum Gasteiger partial charge on any atom is 0.200 e. The number of rotatable bonds is 5. The first-order valence-corrected chi connectivity index (χ1v) is 12.5. The number of nitrogens with one attached hydrogen (secondary N) is 1. The molecule has 3 aromatic rings. The monoisotopic (exact) mass is 452 g/mol. The number of nitriles is 1. The van der Waals surface area contributed by atoms with Gasteiger partial charge in [0.05, 0.1) is 22.0 Å². The minimum absolute atomic E-state index is 0.0811. The summed E-state index contributed by atoms with van der Waals surface area (Å²) in [6, 6.07) is 13.7. The predicted octanol–water partition coefficient (Wildman–Crippen LogP) is 5.33. The number of aromatic nitrogens is 2. The molecule has 1 heterocycles. The minimum Gasteiger partial charge on any atom is -0.366 e. The molecule has 1 aliphatic carbocycles. The quantitative estimate of drug-likeness (QED) is 0.526. The number of hydrogen-bond acceptors (Lipinski definition) is 6. The van der Waals surface area contributed by atoms with Gasteiger partial charge in [-0.2, -0.15) is 5.26 Å². The Morgan fingerprint density at radius 1 is 0.938 bits per heavy atom. The van der Waals surface area contributed by atoms with Crippen LogP contribution in [0.2, 0.25) is 0 Å². The molecule has 8 heteroatoms. The van der Waals surface area contributed by atoms with Crippen LogP contribution in [0.5, 0.6) is 0 Å². The van der Waals surface area contributed by atoms with Gasteiger partial charge in [-0.05, 0) is 49.2 Å². The molecule has 4 rings (SSSR count). The van der Waals surface area contributed by atoms with Crippen molar-refractivity contribution in [1.29, 1.82) is 5.26 Å². The van der Waals surface area contributed by atoms with E-state index >= 15 is 0 Å². The molecule has 0 spiro atoms. The van der Waals surface area contributed by atoms with Gasteiger partial charge >= 0.3 is 0 Å². The Labute approximate surface area is 187 Å². The van der Waals surface area contributed by atoms with Crippen molar-refractivity contribution in [2.75, 3.05) is 5.32 Å². The van der Waals surface area contributed by atoms with Crippen LogP contribution in [0.4, 0.5) is 10.2 Å². The van der Waals surface area contributed by atoms with E-state index in [-0.39, 0.29) is 16.6 Å². The van der Waals surface area contributed by atoms with Crippen molar-refractivity contribution in [2.45, 2.75) is 61.1 Å². The van der Waals surface area contributed by atoms with Crippen molar-refractivity contribution in [1.82, 2.24) is 9.97 Å². The topological polar surface area (TPSA) is 95.7 Å². The van der Waals surface area contributed by atoms with Crippen LogP contribution in [-0.2, 0) is 9.84 Å². The number of halogens is 1. The normalized spacial score (nSPS) is 16.6. The number of benzene rings is 2. The first-order valence-electron chi connectivity index (χ1n) is 10.9. The van der Waals surface area contributed by atoms with E-state index in [4.69, 9.17) is 0 Å². The van der Waals surface area contributed by atoms with Gasteiger partial charge in [-0.25, -0.2) is 22.8 Å². The zero-order valence-electron chi connectivity index (χ0n) is 17.7. The Balaban J connectivity index is 1.79. The molecule has 0 bridgehead atoms. The van der Waals surface area contributed by atoms with Crippen molar-refractivity contribution >= 4 is 26.7 Å². The highest BCUT2D eigenvalue weighted by molar-refractivity contribution is 7.92. The fourth-order valence-corrected chi connectivity index (χ4v) is 5.52. The van der Waals surface area contributed by atoms with Crippen molar-refractivity contribution in [3.63, 3.8) is 0 Å². The molecule has 1 atom stereocenters. The van der Waals surface area contributed by atoms with Gasteiger partial charge in [0.2, 0.25) is 9.84 Å². The largest absolute Gasteiger partial charge is 0.366 e. The number of sulfone groups is 1. The van der Waals surface area contributed by atoms with Crippen LogP contribution < -0.4 is 5.32 Å². The Kier molecular flexibility index (Phi) is 6.66. The summed E-state index contributed by atoms with van der Waals surface area (Å²) in [5.41, 5.74) is 1.22. The molecular weight excluding hydrogens is 427 g/mol. The van der Waals surface area contributed by atoms with Crippen LogP contribution in [0.3, 0.4) is 0 Å². The van der Waals surface area contributed by atoms with Crippen molar-refractivity contribution in [3.8, 4) is 6.07 Å². The summed E-state index contributed by atoms with van der Waals surface area (Å²) in [6.07, 6.45) is 7.67. The first kappa shape index (κ1) is 22.2. The molecule has 0 radical (unpaired) electrons. The summed E-state index contributed by atoms with van der Waals surface area (Å²) in [4.78, 5) is 9.10. The summed E-state index contributed by atoms with van der Waals surface area (Å²) >= 11 is 0. The highest BCUT2D eigenvalue weighted by Gasteiger charge is 2.34. The number of hydrogen-bond donors (Lipinski definition) is 1. The smallest absolute Gasteiger partial charge is 0.200 e. The summed E-state index contributed by atoms with van der Waals surface area (Å²) in [7, 11) is -4.14. The van der Waals surface area contributed by atoms with E-state index < -0.39 is 20.9 Å². The molecule has 166 valence electrons. The van der Waals surface area contributed by atoms with Gasteiger partial charge in [0.15, 0.2) is 11.1 Å². The van der Waals surface area contributed by atoms with Crippen LogP contribution in [-0.4, -0.2) is 24.4 Å². The van der Waals surface area contributed by atoms with Crippen LogP contribution in [0.15, 0.2) is 53.4 Å². The van der Waals surface area contributed by atoms with E-state index in [0.717, 1.165) is 37.8 Å². The van der Waals surface area contributed by atoms with Crippen molar-refractivity contribution < 1.29 is 12.8 Å². The minimum atomic E-state index is -4.14. The summed E-state index contributed by atoms with van der Waals surface area (Å²) < 4.78 is 40.0. The number of anilines is 1. The molecule has 1 aliphatic rings. The average Bonchev–Trinajstić information content (AvgIpc) is 2.76. The molecule has 0 saturated heterocycles. The number of para-hydroxylation sites is 2. The van der Waals surface area contributed by atoms with Crippen LogP contribution in [0.1, 0.15) is 55.9 Å². The van der Waals surface area contributed by atoms with Gasteiger partial charge in [0, 0.05) is 6.04 Å². The fraction of sp³-hybridized carbons (Fsp3) is 0.375. The average molecular weight is 453 g/mol. The van der Waals surface area contributed by atoms with E-state index in [9.17, 15) is 18.1 Å². The van der Waals surface area contributed by atoms with Crippen LogP contribution >= 0.6 is 0 Å². The van der Waals surface area contributed by atoms with Gasteiger partial charge in [0.1, 0.15) is 11.5 Å². The third kappa shape index (κ3) is 4.73. The number of fused-ring (bicyclic) bond motifs is 1. The molecule has 32 heavy (non-hydrogen) atoms. The summed E-state index contributed by atoms with van der Waals surface area (Å²) in [5, 5.41) is 11.8. The first-order chi connectivity index (χ1) is 15.5. The second-order valence-corrected chi connectivity index (χ2v) is 10.2. The van der Waals surface area contributed by atoms with Crippen LogP contribution in [0, 0.1) is 17.1 Å². The molecule has 0 aliphatic heterocycles. The van der Waals surface area contributed by atoms with E-state index in [1.54, 1.807) is 12.1 Å². The van der Waals surface area contributed by atoms with Crippen molar-refractivity contribution in [3.05, 3.63) is 60.0 Å². The van der Waals surface area contributed by atoms with Crippen LogP contribution in [0.25, 0.3) is 11.0 Å². The van der Waals surface area contributed by atoms with E-state index in [1.807, 2.05) is 18.2 Å². The Morgan fingerprint density at radius 3 is 2.16 bits per heavy atom. The maximum absolute atomic E-state index is 13.3. The molecular formula is C24H25FN4O2S. The van der Waals surface area contributed by atoms with E-state index in [2.05, 4.69) is 15.3 Å². The SMILES string of the molecule is N#C[C@H](c1nc2ccccc2nc1NC1CCCCCCC1)S(=O)(=O)c1ccc(F)cc1. The lowest BCUT2D eigenvalue weighted by molar-refractivity contribution is 0.470. The standard InChI is InChI=1S/C24H25FN4O2S/c25-17-12-14-19(15-13-17)32(30,31)22(16-26)23-24(27-18-8-4-2-1-3-5-9-18)29-21-11-7-6-10-20(21)28-23/h6-7,10-15,18,22H,1-5,8-9H2,(H,27,29)/t22-/m1/s1. The maximum atomic E-state index is 13.3. The lowest BCUT2D eigenvalue weighted by Crippen LogP contribution is -2.24. The zero-order chi connectivity index (χ0) is 22.6. The molecule has 0 amide bonds. The molecule has 1 aromatic heterocycles. The zero-order valence-corrected chi connectivity index (χ0v) is 18.5. The van der Waals surface area contributed by atoms with E-state index in [1.165, 1.54) is 31.4 Å². The molecule has 1 saturated carbocycles. The van der Waals surface area contributed by atoms with E-state index in [0.29, 0.717) is 16.9 Å². The predicted molar refractivity (Wildman–Crippen MR) is 121 cm³/mol. The van der Waals surface area contributed by atoms with Gasteiger partial charge in [-0.1, -0.05) is 44.2 Å². The molecule has 0 unspecified atom stereocenters. The molecule has 6 nitrogen and oxygen atoms in total.